The molecule has 1 fully saturated rings. The van der Waals surface area contributed by atoms with Crippen molar-refractivity contribution in [3.8, 4) is 0 Å². The largest absolute Gasteiger partial charge is 0.445 e. The molecule has 1 atom stereocenters. The van der Waals surface area contributed by atoms with Crippen LogP contribution in [-0.2, 0) is 16.1 Å². The Balaban J connectivity index is 1.76. The minimum atomic E-state index is -0.555. The molecule has 18 heavy (non-hydrogen) atoms. The highest BCUT2D eigenvalue weighted by Gasteiger charge is 2.23. The molecule has 0 radical (unpaired) electrons. The third-order valence-electron chi connectivity index (χ3n) is 2.79. The Labute approximate surface area is 106 Å². The number of alkyl carbamates (subject to hydrolysis) is 1. The molecule has 0 aliphatic carbocycles. The summed E-state index contributed by atoms with van der Waals surface area (Å²) < 4.78 is 5.05. The van der Waals surface area contributed by atoms with E-state index >= 15 is 0 Å². The first-order valence-corrected chi connectivity index (χ1v) is 6.00. The lowest BCUT2D eigenvalue weighted by molar-refractivity contribution is -0.124. The Hall–Kier alpha value is -2.04. The zero-order chi connectivity index (χ0) is 12.8. The van der Waals surface area contributed by atoms with E-state index in [2.05, 4.69) is 10.6 Å². The highest BCUT2D eigenvalue weighted by molar-refractivity contribution is 5.86. The Morgan fingerprint density at radius 2 is 2.17 bits per heavy atom. The number of carbonyl (C=O) groups excluding carboxylic acids is 2. The second-order valence-electron chi connectivity index (χ2n) is 4.19. The van der Waals surface area contributed by atoms with Gasteiger partial charge in [0.15, 0.2) is 0 Å². The molecular weight excluding hydrogens is 232 g/mol. The van der Waals surface area contributed by atoms with Crippen molar-refractivity contribution in [2.75, 3.05) is 6.54 Å². The quantitative estimate of drug-likeness (QED) is 0.844. The molecule has 0 spiro atoms. The van der Waals surface area contributed by atoms with Crippen LogP contribution in [0.3, 0.4) is 0 Å². The first-order chi connectivity index (χ1) is 8.75. The summed E-state index contributed by atoms with van der Waals surface area (Å²) in [5, 5.41) is 5.27. The fourth-order valence-corrected chi connectivity index (χ4v) is 1.82. The summed E-state index contributed by atoms with van der Waals surface area (Å²) in [5.41, 5.74) is 0.917. The standard InChI is InChI=1S/C13H16N2O3/c16-12-11(7-4-8-14-12)15-13(17)18-9-10-5-2-1-3-6-10/h1-3,5-6,11H,4,7-9H2,(H,14,16)(H,15,17). The van der Waals surface area contributed by atoms with E-state index in [1.54, 1.807) is 0 Å². The lowest BCUT2D eigenvalue weighted by atomic mass is 10.1. The minimum Gasteiger partial charge on any atom is -0.445 e. The molecule has 5 heteroatoms. The van der Waals surface area contributed by atoms with Gasteiger partial charge in [0.25, 0.3) is 0 Å². The molecular formula is C13H16N2O3. The van der Waals surface area contributed by atoms with Crippen molar-refractivity contribution in [2.45, 2.75) is 25.5 Å². The molecule has 1 aromatic carbocycles. The van der Waals surface area contributed by atoms with Crippen molar-refractivity contribution in [1.29, 1.82) is 0 Å². The number of nitrogens with one attached hydrogen (secondary N) is 2. The van der Waals surface area contributed by atoms with Gasteiger partial charge in [0.05, 0.1) is 0 Å². The molecule has 0 saturated carbocycles. The Morgan fingerprint density at radius 1 is 1.39 bits per heavy atom. The topological polar surface area (TPSA) is 67.4 Å². The van der Waals surface area contributed by atoms with E-state index in [1.807, 2.05) is 30.3 Å². The average Bonchev–Trinajstić information content (AvgIpc) is 2.40. The van der Waals surface area contributed by atoms with E-state index in [0.717, 1.165) is 12.0 Å². The SMILES string of the molecule is O=C(NC1CCCNC1=O)OCc1ccccc1. The van der Waals surface area contributed by atoms with E-state index in [1.165, 1.54) is 0 Å². The van der Waals surface area contributed by atoms with Gasteiger partial charge in [0.1, 0.15) is 12.6 Å². The van der Waals surface area contributed by atoms with Crippen LogP contribution in [0.5, 0.6) is 0 Å². The number of ether oxygens (including phenoxy) is 1. The number of piperidine rings is 1. The lowest BCUT2D eigenvalue weighted by Gasteiger charge is -2.22. The number of amides is 2. The highest BCUT2D eigenvalue weighted by atomic mass is 16.5. The molecule has 2 amide bonds. The van der Waals surface area contributed by atoms with Crippen molar-refractivity contribution in [1.82, 2.24) is 10.6 Å². The minimum absolute atomic E-state index is 0.141. The second kappa shape index (κ2) is 6.05. The lowest BCUT2D eigenvalue weighted by Crippen LogP contribution is -2.50. The van der Waals surface area contributed by atoms with Gasteiger partial charge in [0.2, 0.25) is 5.91 Å². The van der Waals surface area contributed by atoms with Gasteiger partial charge in [-0.15, -0.1) is 0 Å². The molecule has 96 valence electrons. The zero-order valence-electron chi connectivity index (χ0n) is 10.0. The summed E-state index contributed by atoms with van der Waals surface area (Å²) in [4.78, 5) is 22.9. The van der Waals surface area contributed by atoms with E-state index in [4.69, 9.17) is 4.74 Å². The molecule has 5 nitrogen and oxygen atoms in total. The van der Waals surface area contributed by atoms with E-state index in [9.17, 15) is 9.59 Å². The summed E-state index contributed by atoms with van der Waals surface area (Å²) in [6.45, 7) is 0.886. The maximum Gasteiger partial charge on any atom is 0.408 e. The molecule has 1 unspecified atom stereocenters. The van der Waals surface area contributed by atoms with E-state index in [0.29, 0.717) is 13.0 Å². The predicted octanol–water partition coefficient (Wildman–Crippen LogP) is 1.19. The van der Waals surface area contributed by atoms with Gasteiger partial charge in [-0.05, 0) is 18.4 Å². The van der Waals surface area contributed by atoms with Gasteiger partial charge in [-0.25, -0.2) is 4.79 Å². The molecule has 1 aromatic rings. The second-order valence-corrected chi connectivity index (χ2v) is 4.19. The van der Waals surface area contributed by atoms with Gasteiger partial charge in [-0.2, -0.15) is 0 Å². The average molecular weight is 248 g/mol. The third kappa shape index (κ3) is 3.48. The Morgan fingerprint density at radius 3 is 2.89 bits per heavy atom. The molecule has 2 rings (SSSR count). The normalized spacial score (nSPS) is 18.9. The van der Waals surface area contributed by atoms with Crippen molar-refractivity contribution >= 4 is 12.0 Å². The molecule has 0 bridgehead atoms. The monoisotopic (exact) mass is 248 g/mol. The maximum absolute atomic E-state index is 11.5. The maximum atomic E-state index is 11.5. The fraction of sp³-hybridized carbons (Fsp3) is 0.385. The van der Waals surface area contributed by atoms with Crippen molar-refractivity contribution in [3.05, 3.63) is 35.9 Å². The summed E-state index contributed by atoms with van der Waals surface area (Å²) in [6.07, 6.45) is 0.975. The van der Waals surface area contributed by atoms with E-state index in [-0.39, 0.29) is 12.5 Å². The summed E-state index contributed by atoms with van der Waals surface area (Å²) >= 11 is 0. The smallest absolute Gasteiger partial charge is 0.408 e. The summed E-state index contributed by atoms with van der Waals surface area (Å²) in [7, 11) is 0. The first-order valence-electron chi connectivity index (χ1n) is 6.00. The molecule has 2 N–H and O–H groups in total. The molecule has 1 aliphatic heterocycles. The van der Waals surface area contributed by atoms with Crippen LogP contribution in [0.2, 0.25) is 0 Å². The molecule has 1 aliphatic rings. The van der Waals surface area contributed by atoms with Gasteiger partial charge in [-0.1, -0.05) is 30.3 Å². The zero-order valence-corrected chi connectivity index (χ0v) is 10.0. The van der Waals surface area contributed by atoms with E-state index < -0.39 is 12.1 Å². The van der Waals surface area contributed by atoms with Gasteiger partial charge < -0.3 is 15.4 Å². The van der Waals surface area contributed by atoms with Crippen LogP contribution in [0, 0.1) is 0 Å². The number of hydrogen-bond acceptors (Lipinski definition) is 3. The highest BCUT2D eigenvalue weighted by Crippen LogP contribution is 2.04. The van der Waals surface area contributed by atoms with Crippen LogP contribution in [0.4, 0.5) is 4.79 Å². The molecule has 0 aromatic heterocycles. The van der Waals surface area contributed by atoms with Crippen molar-refractivity contribution in [3.63, 3.8) is 0 Å². The third-order valence-corrected chi connectivity index (χ3v) is 2.79. The summed E-state index contributed by atoms with van der Waals surface area (Å²) in [5.74, 6) is -0.141. The van der Waals surface area contributed by atoms with Crippen LogP contribution in [0.15, 0.2) is 30.3 Å². The van der Waals surface area contributed by atoms with Crippen molar-refractivity contribution in [2.24, 2.45) is 0 Å². The van der Waals surface area contributed by atoms with Gasteiger partial charge in [0, 0.05) is 6.54 Å². The predicted molar refractivity (Wildman–Crippen MR) is 65.8 cm³/mol. The van der Waals surface area contributed by atoms with Crippen LogP contribution in [-0.4, -0.2) is 24.6 Å². The Kier molecular flexibility index (Phi) is 4.17. The van der Waals surface area contributed by atoms with Gasteiger partial charge in [-0.3, -0.25) is 4.79 Å². The van der Waals surface area contributed by atoms with Crippen LogP contribution in [0.25, 0.3) is 0 Å². The first kappa shape index (κ1) is 12.4. The van der Waals surface area contributed by atoms with Crippen molar-refractivity contribution < 1.29 is 14.3 Å². The number of carbonyl (C=O) groups is 2. The number of rotatable bonds is 3. The van der Waals surface area contributed by atoms with Gasteiger partial charge >= 0.3 is 6.09 Å². The van der Waals surface area contributed by atoms with Crippen LogP contribution < -0.4 is 10.6 Å². The summed E-state index contributed by atoms with van der Waals surface area (Å²) in [6, 6.07) is 8.94. The fourth-order valence-electron chi connectivity index (χ4n) is 1.82. The molecule has 1 heterocycles. The van der Waals surface area contributed by atoms with Crippen LogP contribution in [0.1, 0.15) is 18.4 Å². The number of hydrogen-bond donors (Lipinski definition) is 2. The Bertz CT molecular complexity index is 420. The van der Waals surface area contributed by atoms with Crippen LogP contribution >= 0.6 is 0 Å². The number of benzene rings is 1. The molecule has 1 saturated heterocycles.